The molecule has 0 bridgehead atoms. The van der Waals surface area contributed by atoms with E-state index >= 15 is 0 Å². The number of rotatable bonds is 4. The molecule has 0 amide bonds. The summed E-state index contributed by atoms with van der Waals surface area (Å²) in [5.41, 5.74) is 9.90. The van der Waals surface area contributed by atoms with Gasteiger partial charge in [0.05, 0.1) is 0 Å². The lowest BCUT2D eigenvalue weighted by molar-refractivity contribution is 1.58. The van der Waals surface area contributed by atoms with Crippen molar-refractivity contribution in [2.24, 2.45) is 0 Å². The third-order valence-corrected chi connectivity index (χ3v) is 7.44. The Morgan fingerprint density at radius 1 is 0.184 bits per heavy atom. The Balaban J connectivity index is 1.18. The van der Waals surface area contributed by atoms with Crippen LogP contribution in [0.2, 0.25) is 0 Å². The van der Waals surface area contributed by atoms with E-state index in [4.69, 9.17) is 0 Å². The van der Waals surface area contributed by atoms with Gasteiger partial charge in [-0.25, -0.2) is 0 Å². The van der Waals surface area contributed by atoms with Crippen molar-refractivity contribution in [2.75, 3.05) is 0 Å². The van der Waals surface area contributed by atoms with E-state index in [1.54, 1.807) is 0 Å². The van der Waals surface area contributed by atoms with Crippen molar-refractivity contribution in [1.29, 1.82) is 0 Å². The third-order valence-electron chi connectivity index (χ3n) is 7.44. The van der Waals surface area contributed by atoms with Gasteiger partial charge in [-0.15, -0.1) is 0 Å². The minimum atomic E-state index is 1.23. The Bertz CT molecular complexity index is 1890. The molecule has 0 aliphatic heterocycles. The van der Waals surface area contributed by atoms with Crippen LogP contribution in [-0.4, -0.2) is 0 Å². The summed E-state index contributed by atoms with van der Waals surface area (Å²) in [5.74, 6) is 0. The first kappa shape index (κ1) is 22.3. The molecular formula is C38H26. The summed E-state index contributed by atoms with van der Waals surface area (Å²) in [5, 5.41) is 5.06. The molecule has 0 heteroatoms. The summed E-state index contributed by atoms with van der Waals surface area (Å²) in [6.07, 6.45) is 0. The average molecular weight is 483 g/mol. The molecule has 0 spiro atoms. The first-order valence-electron chi connectivity index (χ1n) is 13.1. The molecule has 7 aromatic rings. The number of fused-ring (bicyclic) bond motifs is 2. The van der Waals surface area contributed by atoms with Crippen LogP contribution < -0.4 is 0 Å². The van der Waals surface area contributed by atoms with Gasteiger partial charge in [0.25, 0.3) is 0 Å². The fraction of sp³-hybridized carbons (Fsp3) is 0. The SMILES string of the molecule is c1ccc(-c2ccc3cc(-c4cccc(-c5ccc(-c6ccc7ccccc7c6)cc5)c4)ccc3c2)cc1. The Labute approximate surface area is 223 Å². The average Bonchev–Trinajstić information content (AvgIpc) is 3.01. The number of benzene rings is 7. The topological polar surface area (TPSA) is 0 Å². The van der Waals surface area contributed by atoms with Crippen molar-refractivity contribution in [3.8, 4) is 44.5 Å². The van der Waals surface area contributed by atoms with Crippen molar-refractivity contribution < 1.29 is 0 Å². The molecule has 178 valence electrons. The predicted molar refractivity (Wildman–Crippen MR) is 163 cm³/mol. The summed E-state index contributed by atoms with van der Waals surface area (Å²) in [7, 11) is 0. The van der Waals surface area contributed by atoms with E-state index in [-0.39, 0.29) is 0 Å². The lowest BCUT2D eigenvalue weighted by atomic mass is 9.95. The Morgan fingerprint density at radius 3 is 1.13 bits per heavy atom. The van der Waals surface area contributed by atoms with Gasteiger partial charge in [-0.2, -0.15) is 0 Å². The van der Waals surface area contributed by atoms with Crippen molar-refractivity contribution in [1.82, 2.24) is 0 Å². The largest absolute Gasteiger partial charge is 0.0622 e. The van der Waals surface area contributed by atoms with Crippen molar-refractivity contribution >= 4 is 21.5 Å². The van der Waals surface area contributed by atoms with Crippen molar-refractivity contribution in [2.45, 2.75) is 0 Å². The molecular weight excluding hydrogens is 456 g/mol. The molecule has 0 N–H and O–H groups in total. The zero-order valence-electron chi connectivity index (χ0n) is 21.0. The fourth-order valence-corrected chi connectivity index (χ4v) is 5.34. The molecule has 0 unspecified atom stereocenters. The minimum absolute atomic E-state index is 1.23. The minimum Gasteiger partial charge on any atom is -0.0622 e. The smallest absolute Gasteiger partial charge is 0.0177 e. The van der Waals surface area contributed by atoms with Gasteiger partial charge in [-0.1, -0.05) is 133 Å². The van der Waals surface area contributed by atoms with Crippen molar-refractivity contribution in [3.05, 3.63) is 158 Å². The molecule has 0 nitrogen and oxygen atoms in total. The maximum Gasteiger partial charge on any atom is -0.0177 e. The third kappa shape index (κ3) is 4.27. The second-order valence-electron chi connectivity index (χ2n) is 9.86. The Kier molecular flexibility index (Phi) is 5.57. The van der Waals surface area contributed by atoms with Gasteiger partial charge in [0.15, 0.2) is 0 Å². The molecule has 0 aliphatic rings. The monoisotopic (exact) mass is 482 g/mol. The predicted octanol–water partition coefficient (Wildman–Crippen LogP) is 10.7. The van der Waals surface area contributed by atoms with E-state index in [2.05, 4.69) is 158 Å². The van der Waals surface area contributed by atoms with Crippen LogP contribution in [0.4, 0.5) is 0 Å². The van der Waals surface area contributed by atoms with E-state index in [1.165, 1.54) is 66.1 Å². The zero-order valence-corrected chi connectivity index (χ0v) is 21.0. The zero-order chi connectivity index (χ0) is 25.3. The highest BCUT2D eigenvalue weighted by Gasteiger charge is 2.06. The van der Waals surface area contributed by atoms with Gasteiger partial charge in [-0.3, -0.25) is 0 Å². The van der Waals surface area contributed by atoms with E-state index in [1.807, 2.05) is 0 Å². The lowest BCUT2D eigenvalue weighted by Gasteiger charge is -2.10. The van der Waals surface area contributed by atoms with E-state index in [9.17, 15) is 0 Å². The highest BCUT2D eigenvalue weighted by Crippen LogP contribution is 2.32. The standard InChI is InChI=1S/C38H26/c1-2-7-27(8-3-1)34-19-20-38-26-36(21-22-37(38)25-34)33-12-6-11-32(23-33)29-13-15-30(16-14-29)35-18-17-28-9-4-5-10-31(28)24-35/h1-26H. The lowest BCUT2D eigenvalue weighted by Crippen LogP contribution is -1.84. The van der Waals surface area contributed by atoms with Crippen LogP contribution in [0.3, 0.4) is 0 Å². The molecule has 0 atom stereocenters. The summed E-state index contributed by atoms with van der Waals surface area (Å²) in [6.45, 7) is 0. The first-order chi connectivity index (χ1) is 18.8. The molecule has 0 heterocycles. The van der Waals surface area contributed by atoms with Crippen molar-refractivity contribution in [3.63, 3.8) is 0 Å². The Morgan fingerprint density at radius 2 is 0.526 bits per heavy atom. The molecule has 0 fully saturated rings. The Hall–Kier alpha value is -4.94. The molecule has 0 radical (unpaired) electrons. The summed E-state index contributed by atoms with van der Waals surface area (Å²) < 4.78 is 0. The summed E-state index contributed by atoms with van der Waals surface area (Å²) in [6, 6.07) is 57.0. The highest BCUT2D eigenvalue weighted by molar-refractivity contribution is 5.91. The molecule has 0 saturated carbocycles. The van der Waals surface area contributed by atoms with Gasteiger partial charge in [-0.05, 0) is 90.3 Å². The van der Waals surface area contributed by atoms with Crippen LogP contribution >= 0.6 is 0 Å². The normalized spacial score (nSPS) is 11.2. The van der Waals surface area contributed by atoms with Gasteiger partial charge in [0.2, 0.25) is 0 Å². The second-order valence-corrected chi connectivity index (χ2v) is 9.86. The summed E-state index contributed by atoms with van der Waals surface area (Å²) in [4.78, 5) is 0. The van der Waals surface area contributed by atoms with Crippen LogP contribution in [0.1, 0.15) is 0 Å². The van der Waals surface area contributed by atoms with Crippen LogP contribution in [-0.2, 0) is 0 Å². The molecule has 0 aromatic heterocycles. The molecule has 0 saturated heterocycles. The van der Waals surface area contributed by atoms with Crippen LogP contribution in [0.25, 0.3) is 66.1 Å². The van der Waals surface area contributed by atoms with E-state index in [0.717, 1.165) is 0 Å². The summed E-state index contributed by atoms with van der Waals surface area (Å²) >= 11 is 0. The molecule has 38 heavy (non-hydrogen) atoms. The van der Waals surface area contributed by atoms with Gasteiger partial charge in [0, 0.05) is 0 Å². The molecule has 7 aromatic carbocycles. The highest BCUT2D eigenvalue weighted by atomic mass is 14.1. The van der Waals surface area contributed by atoms with E-state index < -0.39 is 0 Å². The maximum absolute atomic E-state index is 2.30. The van der Waals surface area contributed by atoms with Crippen LogP contribution in [0.5, 0.6) is 0 Å². The van der Waals surface area contributed by atoms with Crippen LogP contribution in [0, 0.1) is 0 Å². The van der Waals surface area contributed by atoms with Crippen LogP contribution in [0.15, 0.2) is 158 Å². The fourth-order valence-electron chi connectivity index (χ4n) is 5.34. The first-order valence-corrected chi connectivity index (χ1v) is 13.1. The van der Waals surface area contributed by atoms with Gasteiger partial charge in [0.1, 0.15) is 0 Å². The van der Waals surface area contributed by atoms with Gasteiger partial charge < -0.3 is 0 Å². The number of hydrogen-bond acceptors (Lipinski definition) is 0. The number of hydrogen-bond donors (Lipinski definition) is 0. The quantitative estimate of drug-likeness (QED) is 0.234. The second kappa shape index (κ2) is 9.50. The van der Waals surface area contributed by atoms with E-state index in [0.29, 0.717) is 0 Å². The molecule has 7 rings (SSSR count). The maximum atomic E-state index is 2.30. The molecule has 0 aliphatic carbocycles. The van der Waals surface area contributed by atoms with Gasteiger partial charge >= 0.3 is 0 Å².